The first kappa shape index (κ1) is 15.6. The zero-order valence-electron chi connectivity index (χ0n) is 12.2. The van der Waals surface area contributed by atoms with Crippen molar-refractivity contribution >= 4 is 33.8 Å². The van der Waals surface area contributed by atoms with Gasteiger partial charge in [-0.05, 0) is 24.3 Å². The van der Waals surface area contributed by atoms with Gasteiger partial charge in [-0.15, -0.1) is 0 Å². The normalized spacial score (nSPS) is 10.3. The second-order valence-corrected chi connectivity index (χ2v) is 5.76. The number of nitrogens with zero attached hydrogens (tertiary/aromatic N) is 3. The van der Waals surface area contributed by atoms with Crippen LogP contribution in [0.1, 0.15) is 9.67 Å². The van der Waals surface area contributed by atoms with Crippen molar-refractivity contribution in [1.29, 1.82) is 0 Å². The second-order valence-electron chi connectivity index (χ2n) is 4.73. The largest absolute Gasteiger partial charge is 0.375 e. The van der Waals surface area contributed by atoms with Gasteiger partial charge in [0.25, 0.3) is 11.6 Å². The van der Waals surface area contributed by atoms with E-state index >= 15 is 0 Å². The molecular weight excluding hydrogens is 330 g/mol. The number of benzene rings is 1. The fourth-order valence-electron chi connectivity index (χ4n) is 2.05. The summed E-state index contributed by atoms with van der Waals surface area (Å²) in [5, 5.41) is 13.7. The van der Waals surface area contributed by atoms with Gasteiger partial charge in [0.05, 0.1) is 22.5 Å². The topological polar surface area (TPSA) is 124 Å². The fraction of sp³-hybridized carbons (Fsp3) is 0. The molecule has 3 N–H and O–H groups in total. The van der Waals surface area contributed by atoms with Gasteiger partial charge in [-0.25, -0.2) is 4.98 Å². The van der Waals surface area contributed by atoms with Crippen molar-refractivity contribution in [2.24, 2.45) is 0 Å². The van der Waals surface area contributed by atoms with Gasteiger partial charge < -0.3 is 11.1 Å². The zero-order valence-corrected chi connectivity index (χ0v) is 13.0. The Morgan fingerprint density at radius 2 is 2.00 bits per heavy atom. The molecule has 0 unspecified atom stereocenters. The molecule has 0 saturated carbocycles. The van der Waals surface area contributed by atoms with Gasteiger partial charge in [0.2, 0.25) is 0 Å². The van der Waals surface area contributed by atoms with E-state index in [9.17, 15) is 14.9 Å². The molecule has 0 bridgehead atoms. The predicted octanol–water partition coefficient (Wildman–Crippen LogP) is 2.95. The van der Waals surface area contributed by atoms with E-state index < -0.39 is 4.92 Å². The number of nitrogens with two attached hydrogens (primary N) is 1. The number of nitrogen functional groups attached to an aromatic ring is 1. The number of non-ortho nitro benzene ring substituents is 1. The number of pyridine rings is 1. The van der Waals surface area contributed by atoms with Crippen LogP contribution in [0, 0.1) is 10.1 Å². The number of anilines is 2. The summed E-state index contributed by atoms with van der Waals surface area (Å²) in [7, 11) is 0. The zero-order chi connectivity index (χ0) is 17.1. The van der Waals surface area contributed by atoms with Gasteiger partial charge in [0.15, 0.2) is 5.13 Å². The van der Waals surface area contributed by atoms with Crippen molar-refractivity contribution in [3.63, 3.8) is 0 Å². The molecule has 0 aliphatic carbocycles. The predicted molar refractivity (Wildman–Crippen MR) is 90.8 cm³/mol. The minimum Gasteiger partial charge on any atom is -0.375 e. The summed E-state index contributed by atoms with van der Waals surface area (Å²) < 4.78 is 0. The Hall–Kier alpha value is -3.33. The van der Waals surface area contributed by atoms with Gasteiger partial charge in [0.1, 0.15) is 4.88 Å². The summed E-state index contributed by atoms with van der Waals surface area (Å²) in [4.78, 5) is 31.1. The van der Waals surface area contributed by atoms with E-state index in [0.717, 1.165) is 11.3 Å². The number of nitrogens with one attached hydrogen (secondary N) is 1. The lowest BCUT2D eigenvalue weighted by Crippen LogP contribution is -2.11. The molecule has 0 spiro atoms. The summed E-state index contributed by atoms with van der Waals surface area (Å²) in [6.07, 6.45) is 3.12. The Balaban J connectivity index is 1.92. The van der Waals surface area contributed by atoms with Crippen molar-refractivity contribution in [2.75, 3.05) is 11.1 Å². The number of carbonyl (C=O) groups excluding carboxylic acids is 1. The number of thiazole rings is 1. The van der Waals surface area contributed by atoms with Gasteiger partial charge in [-0.2, -0.15) is 0 Å². The maximum atomic E-state index is 12.5. The molecule has 8 nitrogen and oxygen atoms in total. The van der Waals surface area contributed by atoms with Crippen molar-refractivity contribution in [3.05, 3.63) is 63.8 Å². The summed E-state index contributed by atoms with van der Waals surface area (Å²) in [5.41, 5.74) is 7.20. The number of aromatic nitrogens is 2. The van der Waals surface area contributed by atoms with Crippen LogP contribution < -0.4 is 11.1 Å². The minimum atomic E-state index is -0.491. The molecule has 24 heavy (non-hydrogen) atoms. The quantitative estimate of drug-likeness (QED) is 0.555. The van der Waals surface area contributed by atoms with E-state index in [0.29, 0.717) is 21.8 Å². The van der Waals surface area contributed by atoms with E-state index in [4.69, 9.17) is 5.73 Å². The first-order valence-electron chi connectivity index (χ1n) is 6.77. The average Bonchev–Trinajstić information content (AvgIpc) is 2.98. The molecule has 2 aromatic heterocycles. The maximum absolute atomic E-state index is 12.5. The third kappa shape index (κ3) is 3.20. The number of hydrogen-bond acceptors (Lipinski definition) is 7. The molecule has 0 fully saturated rings. The highest BCUT2D eigenvalue weighted by molar-refractivity contribution is 7.17. The van der Waals surface area contributed by atoms with Crippen LogP contribution >= 0.6 is 11.3 Å². The lowest BCUT2D eigenvalue weighted by atomic mass is 10.1. The van der Waals surface area contributed by atoms with Crippen LogP contribution in [-0.4, -0.2) is 20.8 Å². The van der Waals surface area contributed by atoms with Gasteiger partial charge in [-0.1, -0.05) is 11.3 Å². The average molecular weight is 341 g/mol. The van der Waals surface area contributed by atoms with Crippen LogP contribution in [0.4, 0.5) is 16.5 Å². The number of nitro groups is 1. The summed E-state index contributed by atoms with van der Waals surface area (Å²) in [5.74, 6) is -0.370. The molecule has 3 aromatic rings. The third-order valence-corrected chi connectivity index (χ3v) is 4.00. The number of carbonyl (C=O) groups is 1. The molecule has 0 saturated heterocycles. The highest BCUT2D eigenvalue weighted by atomic mass is 32.1. The monoisotopic (exact) mass is 341 g/mol. The Morgan fingerprint density at radius 3 is 2.62 bits per heavy atom. The van der Waals surface area contributed by atoms with Crippen molar-refractivity contribution in [1.82, 2.24) is 9.97 Å². The van der Waals surface area contributed by atoms with Gasteiger partial charge in [0, 0.05) is 23.9 Å². The molecular formula is C15H11N5O3S. The van der Waals surface area contributed by atoms with Crippen molar-refractivity contribution < 1.29 is 9.72 Å². The number of amides is 1. The Kier molecular flexibility index (Phi) is 4.17. The minimum absolute atomic E-state index is 0.0386. The Labute approximate surface area is 140 Å². The number of nitro benzene ring substituents is 1. The van der Waals surface area contributed by atoms with Crippen molar-refractivity contribution in [3.8, 4) is 11.3 Å². The Morgan fingerprint density at radius 1 is 1.25 bits per heavy atom. The fourth-order valence-corrected chi connectivity index (χ4v) is 2.80. The molecule has 2 heterocycles. The molecule has 3 rings (SSSR count). The molecule has 9 heteroatoms. The van der Waals surface area contributed by atoms with Crippen LogP contribution in [-0.2, 0) is 0 Å². The molecule has 1 aromatic carbocycles. The van der Waals surface area contributed by atoms with Crippen molar-refractivity contribution in [2.45, 2.75) is 0 Å². The van der Waals surface area contributed by atoms with Crippen LogP contribution in [0.25, 0.3) is 11.3 Å². The number of hydrogen-bond donors (Lipinski definition) is 2. The van der Waals surface area contributed by atoms with E-state index in [1.54, 1.807) is 18.3 Å². The molecule has 120 valence electrons. The van der Waals surface area contributed by atoms with Crippen LogP contribution in [0.5, 0.6) is 0 Å². The highest BCUT2D eigenvalue weighted by Gasteiger charge is 2.19. The SMILES string of the molecule is Nc1nc(-c2ccc([N+](=O)[O-])cc2)c(C(=O)Nc2cccnc2)s1. The lowest BCUT2D eigenvalue weighted by molar-refractivity contribution is -0.384. The van der Waals surface area contributed by atoms with E-state index in [2.05, 4.69) is 15.3 Å². The van der Waals surface area contributed by atoms with E-state index in [1.807, 2.05) is 0 Å². The Bertz CT molecular complexity index is 893. The standard InChI is InChI=1S/C15H11N5O3S/c16-15-19-12(9-3-5-11(6-4-9)20(22)23)13(24-15)14(21)18-10-2-1-7-17-8-10/h1-8H,(H2,16,19)(H,18,21). The van der Waals surface area contributed by atoms with Crippen LogP contribution in [0.15, 0.2) is 48.8 Å². The molecule has 0 aliphatic heterocycles. The first-order valence-corrected chi connectivity index (χ1v) is 7.59. The molecule has 0 atom stereocenters. The second kappa shape index (κ2) is 6.42. The number of rotatable bonds is 4. The summed E-state index contributed by atoms with van der Waals surface area (Å²) >= 11 is 1.05. The summed E-state index contributed by atoms with van der Waals surface area (Å²) in [6, 6.07) is 9.19. The molecule has 1 amide bonds. The highest BCUT2D eigenvalue weighted by Crippen LogP contribution is 2.31. The van der Waals surface area contributed by atoms with Gasteiger partial charge in [-0.3, -0.25) is 19.9 Å². The van der Waals surface area contributed by atoms with Gasteiger partial charge >= 0.3 is 0 Å². The first-order chi connectivity index (χ1) is 11.5. The van der Waals surface area contributed by atoms with Crippen LogP contribution in [0.3, 0.4) is 0 Å². The van der Waals surface area contributed by atoms with E-state index in [-0.39, 0.29) is 16.7 Å². The van der Waals surface area contributed by atoms with Crippen LogP contribution in [0.2, 0.25) is 0 Å². The summed E-state index contributed by atoms with van der Waals surface area (Å²) in [6.45, 7) is 0. The third-order valence-electron chi connectivity index (χ3n) is 3.12. The smallest absolute Gasteiger partial charge is 0.269 e. The lowest BCUT2D eigenvalue weighted by Gasteiger charge is -2.04. The molecule has 0 radical (unpaired) electrons. The van der Waals surface area contributed by atoms with E-state index in [1.165, 1.54) is 30.5 Å². The maximum Gasteiger partial charge on any atom is 0.269 e. The molecule has 0 aliphatic rings.